The topological polar surface area (TPSA) is 52.4 Å². The molecule has 2 aliphatic rings. The van der Waals surface area contributed by atoms with Gasteiger partial charge in [-0.25, -0.2) is 4.98 Å². The van der Waals surface area contributed by atoms with E-state index in [2.05, 4.69) is 89.8 Å². The summed E-state index contributed by atoms with van der Waals surface area (Å²) in [7, 11) is 0. The predicted molar refractivity (Wildman–Crippen MR) is 171 cm³/mol. The molecule has 6 heteroatoms. The fraction of sp³-hybridized carbons (Fsp3) is 0.105. The van der Waals surface area contributed by atoms with Crippen molar-refractivity contribution in [3.05, 3.63) is 155 Å². The zero-order valence-electron chi connectivity index (χ0n) is 23.9. The molecular formula is C38H28N4OPt. The maximum atomic E-state index is 6.36. The van der Waals surface area contributed by atoms with E-state index >= 15 is 0 Å². The largest absolute Gasteiger partial charge is 2.00 e. The van der Waals surface area contributed by atoms with Gasteiger partial charge < -0.3 is 10.1 Å². The fourth-order valence-electron chi connectivity index (χ4n) is 6.11. The van der Waals surface area contributed by atoms with Gasteiger partial charge in [0.05, 0.1) is 5.69 Å². The van der Waals surface area contributed by atoms with Gasteiger partial charge in [0.25, 0.3) is 0 Å². The van der Waals surface area contributed by atoms with Crippen molar-refractivity contribution in [2.24, 2.45) is 0 Å². The standard InChI is InChI=1S/C38H28N4O.Pt/c1-3-16-33-26(9-1)20-22-28-11-6-15-32(37(28)40-33)30-12-5-14-31(25-30)43-36-19-7-18-35(41-36)42-34-17-4-2-10-27(34)21-23-29-13-8-24-39-38(29)42;/h1-19,24H,20-23H2;/q-2;+2. The maximum Gasteiger partial charge on any atom is 2.00 e. The van der Waals surface area contributed by atoms with Crippen LogP contribution in [0, 0.1) is 6.07 Å². The summed E-state index contributed by atoms with van der Waals surface area (Å²) in [6, 6.07) is 42.8. The molecule has 2 aliphatic heterocycles. The fourth-order valence-corrected chi connectivity index (χ4v) is 6.11. The van der Waals surface area contributed by atoms with Crippen LogP contribution < -0.4 is 9.64 Å². The molecule has 0 saturated carbocycles. The van der Waals surface area contributed by atoms with Crippen molar-refractivity contribution in [2.75, 3.05) is 4.90 Å². The number of benzene rings is 4. The summed E-state index contributed by atoms with van der Waals surface area (Å²) in [6.07, 6.45) is 5.65. The average Bonchev–Trinajstić information content (AvgIpc) is 3.35. The van der Waals surface area contributed by atoms with Crippen molar-refractivity contribution in [3.63, 3.8) is 0 Å². The molecule has 0 aliphatic carbocycles. The van der Waals surface area contributed by atoms with Crippen LogP contribution in [0.3, 0.4) is 0 Å². The Bertz CT molecular complexity index is 1930. The first-order valence-electron chi connectivity index (χ1n) is 14.7. The third kappa shape index (κ3) is 5.29. The molecule has 0 unspecified atom stereocenters. The van der Waals surface area contributed by atoms with Crippen LogP contribution >= 0.6 is 0 Å². The number of hydrogen-bond acceptors (Lipinski definition) is 4. The van der Waals surface area contributed by atoms with Crippen molar-refractivity contribution in [1.82, 2.24) is 9.97 Å². The van der Waals surface area contributed by atoms with Gasteiger partial charge in [-0.05, 0) is 55.0 Å². The zero-order valence-corrected chi connectivity index (χ0v) is 26.2. The number of nitrogens with zero attached hydrogens (tertiary/aromatic N) is 4. The van der Waals surface area contributed by atoms with E-state index in [-0.39, 0.29) is 21.1 Å². The number of aryl methyl sites for hydroxylation is 4. The molecule has 216 valence electrons. The summed E-state index contributed by atoms with van der Waals surface area (Å²) in [5.74, 6) is 2.76. The molecule has 0 bridgehead atoms. The Kier molecular flexibility index (Phi) is 7.72. The van der Waals surface area contributed by atoms with Crippen LogP contribution in [0.5, 0.6) is 11.6 Å². The molecule has 0 atom stereocenters. The van der Waals surface area contributed by atoms with Gasteiger partial charge in [0.1, 0.15) is 11.6 Å². The summed E-state index contributed by atoms with van der Waals surface area (Å²) < 4.78 is 6.36. The third-order valence-electron chi connectivity index (χ3n) is 8.19. The van der Waals surface area contributed by atoms with E-state index in [1.54, 1.807) is 0 Å². The van der Waals surface area contributed by atoms with E-state index in [0.29, 0.717) is 11.6 Å². The maximum absolute atomic E-state index is 6.36. The van der Waals surface area contributed by atoms with Gasteiger partial charge in [0, 0.05) is 18.0 Å². The van der Waals surface area contributed by atoms with Gasteiger partial charge in [-0.2, -0.15) is 10.7 Å². The number of fused-ring (bicyclic) bond motifs is 4. The first-order chi connectivity index (χ1) is 21.3. The van der Waals surface area contributed by atoms with Crippen LogP contribution in [0.25, 0.3) is 16.4 Å². The Morgan fingerprint density at radius 1 is 0.659 bits per heavy atom. The number of para-hydroxylation sites is 3. The SMILES string of the molecule is [Pt+2].[c-]1c(Oc2cccc(N3c4ccccc4CCc4cccnc43)n2)cccc1-c1cccc2c1[N-]c1ccccc1CC2. The first-order valence-corrected chi connectivity index (χ1v) is 14.7. The molecule has 5 nitrogen and oxygen atoms in total. The smallest absolute Gasteiger partial charge is 0.665 e. The molecular weight excluding hydrogens is 724 g/mol. The Morgan fingerprint density at radius 2 is 1.39 bits per heavy atom. The minimum atomic E-state index is 0. The zero-order chi connectivity index (χ0) is 28.6. The van der Waals surface area contributed by atoms with Crippen LogP contribution in [-0.2, 0) is 46.7 Å². The Morgan fingerprint density at radius 3 is 2.34 bits per heavy atom. The van der Waals surface area contributed by atoms with Gasteiger partial charge in [0.15, 0.2) is 0 Å². The van der Waals surface area contributed by atoms with Crippen molar-refractivity contribution >= 4 is 28.7 Å². The quantitative estimate of drug-likeness (QED) is 0.169. The Labute approximate surface area is 271 Å². The van der Waals surface area contributed by atoms with E-state index in [9.17, 15) is 0 Å². The van der Waals surface area contributed by atoms with E-state index in [0.717, 1.165) is 65.5 Å². The molecule has 0 N–H and O–H groups in total. The van der Waals surface area contributed by atoms with E-state index < -0.39 is 0 Å². The number of aromatic nitrogens is 2. The summed E-state index contributed by atoms with van der Waals surface area (Å²) in [6.45, 7) is 0. The summed E-state index contributed by atoms with van der Waals surface area (Å²) in [5.41, 5.74) is 10.1. The monoisotopic (exact) mass is 751 g/mol. The second-order valence-electron chi connectivity index (χ2n) is 10.9. The molecule has 2 aromatic heterocycles. The van der Waals surface area contributed by atoms with Gasteiger partial charge in [0.2, 0.25) is 5.88 Å². The van der Waals surface area contributed by atoms with Crippen molar-refractivity contribution in [2.45, 2.75) is 25.7 Å². The molecule has 4 heterocycles. The van der Waals surface area contributed by atoms with Crippen molar-refractivity contribution in [3.8, 4) is 22.8 Å². The molecule has 0 fully saturated rings. The Balaban J connectivity index is 0.00000312. The third-order valence-corrected chi connectivity index (χ3v) is 8.19. The molecule has 0 radical (unpaired) electrons. The van der Waals surface area contributed by atoms with Crippen LogP contribution in [0.1, 0.15) is 22.3 Å². The molecule has 0 saturated heterocycles. The second-order valence-corrected chi connectivity index (χ2v) is 10.9. The summed E-state index contributed by atoms with van der Waals surface area (Å²) >= 11 is 0. The molecule has 44 heavy (non-hydrogen) atoms. The van der Waals surface area contributed by atoms with E-state index in [4.69, 9.17) is 20.0 Å². The molecule has 6 aromatic rings. The van der Waals surface area contributed by atoms with Gasteiger partial charge in [-0.15, -0.1) is 35.0 Å². The van der Waals surface area contributed by atoms with Crippen molar-refractivity contribution in [1.29, 1.82) is 0 Å². The molecule has 8 rings (SSSR count). The van der Waals surface area contributed by atoms with Gasteiger partial charge in [-0.3, -0.25) is 4.90 Å². The van der Waals surface area contributed by atoms with Crippen LogP contribution in [-0.4, -0.2) is 9.97 Å². The van der Waals surface area contributed by atoms with Crippen LogP contribution in [0.2, 0.25) is 0 Å². The molecule has 0 spiro atoms. The van der Waals surface area contributed by atoms with E-state index in [1.165, 1.54) is 22.3 Å². The summed E-state index contributed by atoms with van der Waals surface area (Å²) in [5, 5.41) is 5.12. The Hall–Kier alpha value is -4.73. The van der Waals surface area contributed by atoms with Gasteiger partial charge >= 0.3 is 21.1 Å². The number of rotatable bonds is 4. The minimum Gasteiger partial charge on any atom is -0.665 e. The molecule has 0 amide bonds. The van der Waals surface area contributed by atoms with Crippen molar-refractivity contribution < 1.29 is 25.8 Å². The predicted octanol–water partition coefficient (Wildman–Crippen LogP) is 9.74. The van der Waals surface area contributed by atoms with Crippen LogP contribution in [0.4, 0.5) is 28.7 Å². The first kappa shape index (κ1) is 28.1. The minimum absolute atomic E-state index is 0. The molecule has 4 aromatic carbocycles. The van der Waals surface area contributed by atoms with Crippen LogP contribution in [0.15, 0.2) is 121 Å². The summed E-state index contributed by atoms with van der Waals surface area (Å²) in [4.78, 5) is 11.9. The number of ether oxygens (including phenoxy) is 1. The average molecular weight is 752 g/mol. The second kappa shape index (κ2) is 12.1. The number of pyridine rings is 2. The van der Waals surface area contributed by atoms with E-state index in [1.807, 2.05) is 42.6 Å². The normalized spacial score (nSPS) is 13.0. The number of anilines is 3. The number of hydrogen-bond donors (Lipinski definition) is 0. The van der Waals surface area contributed by atoms with Gasteiger partial charge in [-0.1, -0.05) is 90.0 Å².